The predicted molar refractivity (Wildman–Crippen MR) is 100 cm³/mol. The number of nitrogens with one attached hydrogen (secondary N) is 1. The highest BCUT2D eigenvalue weighted by Crippen LogP contribution is 2.10. The van der Waals surface area contributed by atoms with Crippen molar-refractivity contribution in [2.45, 2.75) is 13.5 Å². The number of benzene rings is 1. The second kappa shape index (κ2) is 8.44. The molecule has 0 atom stereocenters. The molecule has 1 aliphatic rings. The van der Waals surface area contributed by atoms with Gasteiger partial charge in [-0.1, -0.05) is 30.3 Å². The molecule has 1 aliphatic heterocycles. The SMILES string of the molecule is CC(=O)N1CCN(C(=O)c2cc(C(=O)NCc3ccccc3)ccn2)CC1. The van der Waals surface area contributed by atoms with Crippen LogP contribution in [0.3, 0.4) is 0 Å². The molecule has 1 aromatic carbocycles. The number of piperazine rings is 1. The van der Waals surface area contributed by atoms with Crippen LogP contribution in [0.1, 0.15) is 33.3 Å². The predicted octanol–water partition coefficient (Wildman–Crippen LogP) is 1.32. The van der Waals surface area contributed by atoms with Gasteiger partial charge in [-0.25, -0.2) is 0 Å². The molecule has 7 heteroatoms. The molecule has 0 aliphatic carbocycles. The van der Waals surface area contributed by atoms with E-state index in [1.54, 1.807) is 15.9 Å². The molecule has 0 bridgehead atoms. The van der Waals surface area contributed by atoms with Crippen LogP contribution in [-0.4, -0.2) is 58.7 Å². The lowest BCUT2D eigenvalue weighted by molar-refractivity contribution is -0.130. The fraction of sp³-hybridized carbons (Fsp3) is 0.300. The maximum atomic E-state index is 12.7. The Hall–Kier alpha value is -3.22. The van der Waals surface area contributed by atoms with Gasteiger partial charge in [0.2, 0.25) is 5.91 Å². The van der Waals surface area contributed by atoms with Crippen LogP contribution < -0.4 is 5.32 Å². The van der Waals surface area contributed by atoms with Crippen molar-refractivity contribution in [2.24, 2.45) is 0 Å². The highest BCUT2D eigenvalue weighted by Gasteiger charge is 2.24. The van der Waals surface area contributed by atoms with Crippen molar-refractivity contribution in [2.75, 3.05) is 26.2 Å². The molecule has 2 heterocycles. The molecule has 1 saturated heterocycles. The molecule has 3 amide bonds. The number of pyridine rings is 1. The van der Waals surface area contributed by atoms with E-state index < -0.39 is 0 Å². The summed E-state index contributed by atoms with van der Waals surface area (Å²) in [4.78, 5) is 43.9. The van der Waals surface area contributed by atoms with E-state index in [1.165, 1.54) is 19.2 Å². The molecule has 0 unspecified atom stereocenters. The molecule has 0 saturated carbocycles. The second-order valence-electron chi connectivity index (χ2n) is 6.40. The summed E-state index contributed by atoms with van der Waals surface area (Å²) in [7, 11) is 0. The first-order valence-corrected chi connectivity index (χ1v) is 8.87. The number of carbonyl (C=O) groups is 3. The van der Waals surface area contributed by atoms with Gasteiger partial charge in [-0.05, 0) is 17.7 Å². The summed E-state index contributed by atoms with van der Waals surface area (Å²) in [5, 5.41) is 2.84. The summed E-state index contributed by atoms with van der Waals surface area (Å²) >= 11 is 0. The quantitative estimate of drug-likeness (QED) is 0.885. The lowest BCUT2D eigenvalue weighted by Gasteiger charge is -2.34. The maximum absolute atomic E-state index is 12.7. The first kappa shape index (κ1) is 18.6. The van der Waals surface area contributed by atoms with E-state index in [-0.39, 0.29) is 23.4 Å². The molecule has 2 aromatic rings. The third-order valence-corrected chi connectivity index (χ3v) is 4.55. The van der Waals surface area contributed by atoms with Gasteiger partial charge in [-0.3, -0.25) is 19.4 Å². The van der Waals surface area contributed by atoms with Gasteiger partial charge >= 0.3 is 0 Å². The highest BCUT2D eigenvalue weighted by molar-refractivity contribution is 5.98. The van der Waals surface area contributed by atoms with E-state index in [2.05, 4.69) is 10.3 Å². The first-order valence-electron chi connectivity index (χ1n) is 8.87. The van der Waals surface area contributed by atoms with Gasteiger partial charge in [0.1, 0.15) is 5.69 Å². The van der Waals surface area contributed by atoms with E-state index in [0.29, 0.717) is 38.3 Å². The summed E-state index contributed by atoms with van der Waals surface area (Å²) in [6.45, 7) is 3.89. The van der Waals surface area contributed by atoms with Crippen molar-refractivity contribution in [3.63, 3.8) is 0 Å². The van der Waals surface area contributed by atoms with Crippen LogP contribution in [0, 0.1) is 0 Å². The van der Waals surface area contributed by atoms with Gasteiger partial charge in [0, 0.05) is 51.4 Å². The average molecular weight is 366 g/mol. The van der Waals surface area contributed by atoms with Crippen LogP contribution in [0.15, 0.2) is 48.7 Å². The van der Waals surface area contributed by atoms with Crippen LogP contribution in [0.25, 0.3) is 0 Å². The second-order valence-corrected chi connectivity index (χ2v) is 6.40. The smallest absolute Gasteiger partial charge is 0.272 e. The average Bonchev–Trinajstić information content (AvgIpc) is 2.72. The Morgan fingerprint density at radius 2 is 1.67 bits per heavy atom. The molecule has 1 fully saturated rings. The van der Waals surface area contributed by atoms with E-state index in [4.69, 9.17) is 0 Å². The molecular weight excluding hydrogens is 344 g/mol. The maximum Gasteiger partial charge on any atom is 0.272 e. The van der Waals surface area contributed by atoms with Crippen molar-refractivity contribution in [1.82, 2.24) is 20.1 Å². The van der Waals surface area contributed by atoms with Gasteiger partial charge in [0.05, 0.1) is 0 Å². The highest BCUT2D eigenvalue weighted by atomic mass is 16.2. The van der Waals surface area contributed by atoms with Gasteiger partial charge in [-0.15, -0.1) is 0 Å². The Morgan fingerprint density at radius 1 is 1.00 bits per heavy atom. The summed E-state index contributed by atoms with van der Waals surface area (Å²) in [6, 6.07) is 12.7. The largest absolute Gasteiger partial charge is 0.348 e. The Bertz CT molecular complexity index is 830. The number of hydrogen-bond acceptors (Lipinski definition) is 4. The first-order chi connectivity index (χ1) is 13.0. The minimum atomic E-state index is -0.253. The number of nitrogens with zero attached hydrogens (tertiary/aromatic N) is 3. The Morgan fingerprint density at radius 3 is 2.33 bits per heavy atom. The third-order valence-electron chi connectivity index (χ3n) is 4.55. The van der Waals surface area contributed by atoms with Gasteiger partial charge < -0.3 is 15.1 Å². The topological polar surface area (TPSA) is 82.6 Å². The van der Waals surface area contributed by atoms with Gasteiger partial charge in [-0.2, -0.15) is 0 Å². The van der Waals surface area contributed by atoms with Crippen molar-refractivity contribution < 1.29 is 14.4 Å². The number of hydrogen-bond donors (Lipinski definition) is 1. The number of amides is 3. The summed E-state index contributed by atoms with van der Waals surface area (Å²) in [5.41, 5.74) is 1.63. The van der Waals surface area contributed by atoms with Crippen molar-refractivity contribution in [3.8, 4) is 0 Å². The number of rotatable bonds is 4. The monoisotopic (exact) mass is 366 g/mol. The minimum Gasteiger partial charge on any atom is -0.348 e. The van der Waals surface area contributed by atoms with Gasteiger partial charge in [0.25, 0.3) is 11.8 Å². The summed E-state index contributed by atoms with van der Waals surface area (Å²) < 4.78 is 0. The van der Waals surface area contributed by atoms with Crippen LogP contribution in [0.5, 0.6) is 0 Å². The lowest BCUT2D eigenvalue weighted by atomic mass is 10.1. The summed E-state index contributed by atoms with van der Waals surface area (Å²) in [5.74, 6) is -0.468. The van der Waals surface area contributed by atoms with E-state index in [9.17, 15) is 14.4 Å². The number of aromatic nitrogens is 1. The van der Waals surface area contributed by atoms with Crippen LogP contribution in [0.4, 0.5) is 0 Å². The zero-order valence-electron chi connectivity index (χ0n) is 15.2. The van der Waals surface area contributed by atoms with E-state index in [0.717, 1.165) is 5.56 Å². The van der Waals surface area contributed by atoms with Crippen molar-refractivity contribution >= 4 is 17.7 Å². The molecule has 0 spiro atoms. The lowest BCUT2D eigenvalue weighted by Crippen LogP contribution is -2.50. The van der Waals surface area contributed by atoms with Crippen LogP contribution >= 0.6 is 0 Å². The van der Waals surface area contributed by atoms with Crippen LogP contribution in [0.2, 0.25) is 0 Å². The third kappa shape index (κ3) is 4.69. The van der Waals surface area contributed by atoms with Gasteiger partial charge in [0.15, 0.2) is 0 Å². The molecule has 7 nitrogen and oxygen atoms in total. The van der Waals surface area contributed by atoms with Crippen LogP contribution in [-0.2, 0) is 11.3 Å². The molecule has 0 radical (unpaired) electrons. The summed E-state index contributed by atoms with van der Waals surface area (Å²) in [6.07, 6.45) is 1.47. The Balaban J connectivity index is 1.62. The molecule has 1 N–H and O–H groups in total. The standard InChI is InChI=1S/C20H22N4O3/c1-15(25)23-9-11-24(12-10-23)20(27)18-13-17(7-8-21-18)19(26)22-14-16-5-3-2-4-6-16/h2-8,13H,9-12,14H2,1H3,(H,22,26). The Kier molecular flexibility index (Phi) is 5.80. The zero-order valence-corrected chi connectivity index (χ0v) is 15.2. The fourth-order valence-corrected chi connectivity index (χ4v) is 2.96. The van der Waals surface area contributed by atoms with E-state index >= 15 is 0 Å². The molecular formula is C20H22N4O3. The fourth-order valence-electron chi connectivity index (χ4n) is 2.96. The number of carbonyl (C=O) groups excluding carboxylic acids is 3. The van der Waals surface area contributed by atoms with E-state index in [1.807, 2.05) is 30.3 Å². The molecule has 140 valence electrons. The van der Waals surface area contributed by atoms with Crippen molar-refractivity contribution in [1.29, 1.82) is 0 Å². The normalized spacial score (nSPS) is 14.0. The van der Waals surface area contributed by atoms with Crippen molar-refractivity contribution in [3.05, 3.63) is 65.5 Å². The zero-order chi connectivity index (χ0) is 19.2. The Labute approximate surface area is 158 Å². The molecule has 3 rings (SSSR count). The molecule has 27 heavy (non-hydrogen) atoms. The molecule has 1 aromatic heterocycles. The minimum absolute atomic E-state index is 0.0114.